The van der Waals surface area contributed by atoms with Gasteiger partial charge in [-0.05, 0) is 38.1 Å². The van der Waals surface area contributed by atoms with Crippen molar-refractivity contribution in [3.63, 3.8) is 0 Å². The Bertz CT molecular complexity index is 452. The van der Waals surface area contributed by atoms with Crippen LogP contribution in [0.15, 0.2) is 24.3 Å². The van der Waals surface area contributed by atoms with Gasteiger partial charge < -0.3 is 15.4 Å². The minimum Gasteiger partial charge on any atom is -0.469 e. The van der Waals surface area contributed by atoms with Gasteiger partial charge in [-0.3, -0.25) is 9.59 Å². The predicted octanol–water partition coefficient (Wildman–Crippen LogP) is 2.26. The van der Waals surface area contributed by atoms with Gasteiger partial charge in [0.2, 0.25) is 5.91 Å². The molecular formula is C14H20N2O3. The summed E-state index contributed by atoms with van der Waals surface area (Å²) in [6, 6.07) is 7.29. The van der Waals surface area contributed by atoms with Crippen LogP contribution >= 0.6 is 0 Å². The van der Waals surface area contributed by atoms with E-state index in [4.69, 9.17) is 4.74 Å². The summed E-state index contributed by atoms with van der Waals surface area (Å²) in [7, 11) is 1.38. The molecule has 0 fully saturated rings. The van der Waals surface area contributed by atoms with E-state index in [0.717, 1.165) is 11.4 Å². The number of nitrogens with one attached hydrogen (secondary N) is 2. The molecule has 5 heteroatoms. The molecule has 0 aliphatic heterocycles. The Morgan fingerprint density at radius 1 is 1.16 bits per heavy atom. The lowest BCUT2D eigenvalue weighted by Gasteiger charge is -2.22. The van der Waals surface area contributed by atoms with E-state index in [-0.39, 0.29) is 11.9 Å². The van der Waals surface area contributed by atoms with Crippen LogP contribution in [0.1, 0.15) is 20.8 Å². The second kappa shape index (κ2) is 6.22. The normalized spacial score (nSPS) is 10.7. The van der Waals surface area contributed by atoms with Gasteiger partial charge in [0.05, 0.1) is 12.5 Å². The van der Waals surface area contributed by atoms with Crippen molar-refractivity contribution in [3.8, 4) is 0 Å². The fourth-order valence-corrected chi connectivity index (χ4v) is 1.55. The SMILES string of the molecule is COC(=O)C(C)(C)CNc1ccc(NC(C)=O)cc1. The average molecular weight is 264 g/mol. The minimum absolute atomic E-state index is 0.104. The number of benzene rings is 1. The van der Waals surface area contributed by atoms with Gasteiger partial charge >= 0.3 is 5.97 Å². The van der Waals surface area contributed by atoms with Crippen LogP contribution in [0.3, 0.4) is 0 Å². The Labute approximate surface area is 113 Å². The first kappa shape index (κ1) is 15.0. The van der Waals surface area contributed by atoms with Gasteiger partial charge in [-0.25, -0.2) is 0 Å². The summed E-state index contributed by atoms with van der Waals surface area (Å²) in [5, 5.41) is 5.86. The van der Waals surface area contributed by atoms with E-state index in [0.29, 0.717) is 6.54 Å². The molecular weight excluding hydrogens is 244 g/mol. The van der Waals surface area contributed by atoms with E-state index in [2.05, 4.69) is 10.6 Å². The van der Waals surface area contributed by atoms with Crippen LogP contribution in [-0.2, 0) is 14.3 Å². The van der Waals surface area contributed by atoms with E-state index in [1.165, 1.54) is 14.0 Å². The average Bonchev–Trinajstić information content (AvgIpc) is 2.36. The molecule has 1 aromatic carbocycles. The molecule has 0 aliphatic carbocycles. The summed E-state index contributed by atoms with van der Waals surface area (Å²) in [6.45, 7) is 5.57. The van der Waals surface area contributed by atoms with Gasteiger partial charge in [0.25, 0.3) is 0 Å². The molecule has 0 saturated heterocycles. The van der Waals surface area contributed by atoms with Crippen molar-refractivity contribution in [1.29, 1.82) is 0 Å². The Morgan fingerprint density at radius 2 is 1.68 bits per heavy atom. The fraction of sp³-hybridized carbons (Fsp3) is 0.429. The van der Waals surface area contributed by atoms with Crippen LogP contribution in [0.2, 0.25) is 0 Å². The summed E-state index contributed by atoms with van der Waals surface area (Å²) in [4.78, 5) is 22.4. The molecule has 5 nitrogen and oxygen atoms in total. The standard InChI is InChI=1S/C14H20N2O3/c1-10(17)16-12-7-5-11(6-8-12)15-9-14(2,3)13(18)19-4/h5-8,15H,9H2,1-4H3,(H,16,17). The number of rotatable bonds is 5. The molecule has 1 rings (SSSR count). The molecule has 0 aromatic heterocycles. The number of hydrogen-bond donors (Lipinski definition) is 2. The summed E-state index contributed by atoms with van der Waals surface area (Å²) >= 11 is 0. The number of ether oxygens (including phenoxy) is 1. The topological polar surface area (TPSA) is 67.4 Å². The summed E-state index contributed by atoms with van der Waals surface area (Å²) < 4.78 is 4.74. The first-order valence-corrected chi connectivity index (χ1v) is 6.05. The highest BCUT2D eigenvalue weighted by Crippen LogP contribution is 2.19. The number of carbonyl (C=O) groups excluding carboxylic acids is 2. The van der Waals surface area contributed by atoms with Crippen molar-refractivity contribution in [2.75, 3.05) is 24.3 Å². The molecule has 1 amide bonds. The Kier molecular flexibility index (Phi) is 4.92. The van der Waals surface area contributed by atoms with Crippen molar-refractivity contribution in [1.82, 2.24) is 0 Å². The monoisotopic (exact) mass is 264 g/mol. The first-order valence-electron chi connectivity index (χ1n) is 6.05. The highest BCUT2D eigenvalue weighted by molar-refractivity contribution is 5.88. The molecule has 0 spiro atoms. The highest BCUT2D eigenvalue weighted by Gasteiger charge is 2.28. The lowest BCUT2D eigenvalue weighted by atomic mass is 9.93. The van der Waals surface area contributed by atoms with E-state index in [1.807, 2.05) is 26.0 Å². The summed E-state index contributed by atoms with van der Waals surface area (Å²) in [5.74, 6) is -0.359. The Hall–Kier alpha value is -2.04. The van der Waals surface area contributed by atoms with E-state index >= 15 is 0 Å². The number of methoxy groups -OCH3 is 1. The maximum Gasteiger partial charge on any atom is 0.313 e. The largest absolute Gasteiger partial charge is 0.469 e. The third-order valence-electron chi connectivity index (χ3n) is 2.68. The van der Waals surface area contributed by atoms with Crippen LogP contribution in [-0.4, -0.2) is 25.5 Å². The van der Waals surface area contributed by atoms with E-state index in [1.54, 1.807) is 12.1 Å². The van der Waals surface area contributed by atoms with Crippen LogP contribution in [0.5, 0.6) is 0 Å². The predicted molar refractivity (Wildman–Crippen MR) is 75.0 cm³/mol. The molecule has 1 aromatic rings. The zero-order chi connectivity index (χ0) is 14.5. The number of carbonyl (C=O) groups is 2. The fourth-order valence-electron chi connectivity index (χ4n) is 1.55. The second-order valence-corrected chi connectivity index (χ2v) is 4.99. The van der Waals surface area contributed by atoms with E-state index in [9.17, 15) is 9.59 Å². The molecule has 2 N–H and O–H groups in total. The van der Waals surface area contributed by atoms with Gasteiger partial charge in [0, 0.05) is 24.8 Å². The summed E-state index contributed by atoms with van der Waals surface area (Å²) in [5.41, 5.74) is 1.03. The highest BCUT2D eigenvalue weighted by atomic mass is 16.5. The first-order chi connectivity index (χ1) is 8.85. The molecule has 0 saturated carbocycles. The molecule has 0 bridgehead atoms. The van der Waals surface area contributed by atoms with Crippen LogP contribution in [0, 0.1) is 5.41 Å². The Morgan fingerprint density at radius 3 is 2.16 bits per heavy atom. The molecule has 0 aliphatic rings. The molecule has 104 valence electrons. The van der Waals surface area contributed by atoms with Gasteiger partial charge in [-0.1, -0.05) is 0 Å². The molecule has 0 heterocycles. The Balaban J connectivity index is 2.59. The lowest BCUT2D eigenvalue weighted by Crippen LogP contribution is -2.33. The van der Waals surface area contributed by atoms with Crippen LogP contribution in [0.25, 0.3) is 0 Å². The number of anilines is 2. The third-order valence-corrected chi connectivity index (χ3v) is 2.68. The van der Waals surface area contributed by atoms with Crippen molar-refractivity contribution in [3.05, 3.63) is 24.3 Å². The van der Waals surface area contributed by atoms with Crippen molar-refractivity contribution >= 4 is 23.3 Å². The van der Waals surface area contributed by atoms with Gasteiger partial charge in [0.1, 0.15) is 0 Å². The van der Waals surface area contributed by atoms with Crippen molar-refractivity contribution < 1.29 is 14.3 Å². The van der Waals surface area contributed by atoms with Gasteiger partial charge in [-0.15, -0.1) is 0 Å². The smallest absolute Gasteiger partial charge is 0.313 e. The number of amides is 1. The number of hydrogen-bond acceptors (Lipinski definition) is 4. The second-order valence-electron chi connectivity index (χ2n) is 4.99. The maximum absolute atomic E-state index is 11.5. The molecule has 19 heavy (non-hydrogen) atoms. The quantitative estimate of drug-likeness (QED) is 0.800. The molecule has 0 radical (unpaired) electrons. The maximum atomic E-state index is 11.5. The van der Waals surface area contributed by atoms with Crippen LogP contribution in [0.4, 0.5) is 11.4 Å². The van der Waals surface area contributed by atoms with Crippen molar-refractivity contribution in [2.45, 2.75) is 20.8 Å². The number of esters is 1. The lowest BCUT2D eigenvalue weighted by molar-refractivity contribution is -0.149. The molecule has 0 unspecified atom stereocenters. The van der Waals surface area contributed by atoms with Gasteiger partial charge in [0.15, 0.2) is 0 Å². The third kappa shape index (κ3) is 4.62. The van der Waals surface area contributed by atoms with Crippen molar-refractivity contribution in [2.24, 2.45) is 5.41 Å². The zero-order valence-electron chi connectivity index (χ0n) is 11.7. The summed E-state index contributed by atoms with van der Waals surface area (Å²) in [6.07, 6.45) is 0. The molecule has 0 atom stereocenters. The van der Waals surface area contributed by atoms with Gasteiger partial charge in [-0.2, -0.15) is 0 Å². The van der Waals surface area contributed by atoms with Crippen LogP contribution < -0.4 is 10.6 Å². The zero-order valence-corrected chi connectivity index (χ0v) is 11.7. The minimum atomic E-state index is -0.592. The van der Waals surface area contributed by atoms with E-state index < -0.39 is 5.41 Å².